The van der Waals surface area contributed by atoms with E-state index in [-0.39, 0.29) is 11.7 Å². The lowest BCUT2D eigenvalue weighted by molar-refractivity contribution is -0.114. The third kappa shape index (κ3) is 3.56. The molecule has 2 heterocycles. The predicted molar refractivity (Wildman–Crippen MR) is 114 cm³/mol. The van der Waals surface area contributed by atoms with E-state index >= 15 is 0 Å². The third-order valence-corrected chi connectivity index (χ3v) is 6.77. The average molecular weight is 398 g/mol. The van der Waals surface area contributed by atoms with Crippen LogP contribution in [-0.4, -0.2) is 32.3 Å². The minimum absolute atomic E-state index is 0.143. The molecule has 0 fully saturated rings. The Morgan fingerprint density at radius 3 is 2.75 bits per heavy atom. The number of benzene rings is 2. The number of hydrogen-bond donors (Lipinski definition) is 3. The monoisotopic (exact) mass is 397 g/mol. The molecule has 0 saturated carbocycles. The van der Waals surface area contributed by atoms with Crippen molar-refractivity contribution in [1.29, 1.82) is 0 Å². The Kier molecular flexibility index (Phi) is 4.74. The number of pyridine rings is 1. The molecule has 0 saturated heterocycles. The molecular weight excluding hydrogens is 374 g/mol. The van der Waals surface area contributed by atoms with Crippen LogP contribution in [0.2, 0.25) is 0 Å². The van der Waals surface area contributed by atoms with Crippen molar-refractivity contribution in [2.45, 2.75) is 25.3 Å². The fourth-order valence-electron chi connectivity index (χ4n) is 3.56. The highest BCUT2D eigenvalue weighted by Gasteiger charge is 2.26. The van der Waals surface area contributed by atoms with E-state index in [0.29, 0.717) is 29.5 Å². The Bertz CT molecular complexity index is 1070. The number of anilines is 2. The van der Waals surface area contributed by atoms with Crippen LogP contribution in [0.25, 0.3) is 10.9 Å². The van der Waals surface area contributed by atoms with Crippen molar-refractivity contribution in [2.24, 2.45) is 0 Å². The summed E-state index contributed by atoms with van der Waals surface area (Å²) in [5.74, 6) is 0.801. The van der Waals surface area contributed by atoms with Gasteiger partial charge in [0.2, 0.25) is 5.91 Å². The van der Waals surface area contributed by atoms with Gasteiger partial charge < -0.3 is 10.2 Å². The van der Waals surface area contributed by atoms with Gasteiger partial charge in [0.15, 0.2) is 0 Å². The third-order valence-electron chi connectivity index (χ3n) is 4.92. The lowest BCUT2D eigenvalue weighted by Gasteiger charge is -2.32. The molecule has 2 aromatic carbocycles. The summed E-state index contributed by atoms with van der Waals surface area (Å²) in [4.78, 5) is 19.2. The number of fused-ring (bicyclic) bond motifs is 2. The van der Waals surface area contributed by atoms with E-state index in [0.717, 1.165) is 22.0 Å². The highest BCUT2D eigenvalue weighted by atomic mass is 32.3. The van der Waals surface area contributed by atoms with Gasteiger partial charge in [-0.2, -0.15) is 10.6 Å². The smallest absolute Gasteiger partial charge is 0.221 e. The second-order valence-electron chi connectivity index (χ2n) is 7.13. The van der Waals surface area contributed by atoms with Crippen LogP contribution in [0.5, 0.6) is 0 Å². The normalized spacial score (nSPS) is 16.9. The van der Waals surface area contributed by atoms with E-state index in [9.17, 15) is 13.9 Å². The molecule has 0 bridgehead atoms. The van der Waals surface area contributed by atoms with E-state index in [2.05, 4.69) is 5.32 Å². The maximum atomic E-state index is 11.7. The molecule has 1 aromatic heterocycles. The van der Waals surface area contributed by atoms with Crippen LogP contribution < -0.4 is 10.2 Å². The molecule has 0 unspecified atom stereocenters. The maximum Gasteiger partial charge on any atom is 0.221 e. The van der Waals surface area contributed by atoms with Crippen molar-refractivity contribution in [3.05, 3.63) is 59.7 Å². The number of aromatic nitrogens is 1. The van der Waals surface area contributed by atoms with Crippen molar-refractivity contribution in [3.8, 4) is 0 Å². The molecule has 0 spiro atoms. The molecule has 1 amide bonds. The number of carbonyl (C=O) groups excluding carboxylic acids is 1. The fourth-order valence-corrected chi connectivity index (χ4v) is 5.11. The van der Waals surface area contributed by atoms with E-state index < -0.39 is 10.6 Å². The molecule has 6 nitrogen and oxygen atoms in total. The second kappa shape index (κ2) is 7.09. The first-order valence-corrected chi connectivity index (χ1v) is 10.8. The molecule has 28 heavy (non-hydrogen) atoms. The van der Waals surface area contributed by atoms with Crippen LogP contribution in [-0.2, 0) is 11.3 Å². The Morgan fingerprint density at radius 2 is 1.96 bits per heavy atom. The summed E-state index contributed by atoms with van der Waals surface area (Å²) in [6, 6.07) is 15.2. The summed E-state index contributed by atoms with van der Waals surface area (Å²) in [7, 11) is -2.84. The molecule has 0 atom stereocenters. The first kappa shape index (κ1) is 18.7. The van der Waals surface area contributed by atoms with Gasteiger partial charge in [-0.05, 0) is 30.7 Å². The average Bonchev–Trinajstić information content (AvgIpc) is 2.78. The Balaban J connectivity index is 1.81. The molecule has 3 N–H and O–H groups in total. The minimum atomic E-state index is -2.84. The number of amides is 1. The quantitative estimate of drug-likeness (QED) is 0.587. The first-order valence-electron chi connectivity index (χ1n) is 9.11. The Labute approximate surface area is 165 Å². The highest BCUT2D eigenvalue weighted by Crippen LogP contribution is 2.51. The Hall–Kier alpha value is -2.61. The minimum Gasteiger partial charge on any atom is -0.351 e. The molecular formula is C21H23N3O3S. The molecule has 1 aliphatic heterocycles. The van der Waals surface area contributed by atoms with Crippen molar-refractivity contribution in [1.82, 2.24) is 4.98 Å². The van der Waals surface area contributed by atoms with Crippen LogP contribution in [0, 0.1) is 6.92 Å². The zero-order valence-corrected chi connectivity index (χ0v) is 16.7. The molecule has 0 radical (unpaired) electrons. The van der Waals surface area contributed by atoms with Gasteiger partial charge in [0, 0.05) is 31.5 Å². The molecule has 3 aromatic rings. The number of aryl methyl sites for hydroxylation is 1. The van der Waals surface area contributed by atoms with Crippen LogP contribution in [0.15, 0.2) is 53.4 Å². The van der Waals surface area contributed by atoms with Gasteiger partial charge in [-0.25, -0.2) is 4.98 Å². The summed E-state index contributed by atoms with van der Waals surface area (Å²) in [6.45, 7) is 4.47. The van der Waals surface area contributed by atoms with Crippen molar-refractivity contribution in [3.63, 3.8) is 0 Å². The number of hydrogen-bond acceptors (Lipinski definition) is 5. The van der Waals surface area contributed by atoms with Crippen LogP contribution in [0.3, 0.4) is 0 Å². The summed E-state index contributed by atoms with van der Waals surface area (Å²) >= 11 is 0. The van der Waals surface area contributed by atoms with Gasteiger partial charge in [0.05, 0.1) is 21.9 Å². The van der Waals surface area contributed by atoms with Gasteiger partial charge >= 0.3 is 0 Å². The molecule has 0 aliphatic carbocycles. The molecule has 146 valence electrons. The molecule has 7 heteroatoms. The van der Waals surface area contributed by atoms with Crippen LogP contribution in [0.4, 0.5) is 11.5 Å². The molecule has 4 rings (SSSR count). The van der Waals surface area contributed by atoms with E-state index in [1.54, 1.807) is 6.07 Å². The van der Waals surface area contributed by atoms with E-state index in [1.165, 1.54) is 6.92 Å². The number of nitrogens with zero attached hydrogens (tertiary/aromatic N) is 2. The topological polar surface area (TPSA) is 85.7 Å². The summed E-state index contributed by atoms with van der Waals surface area (Å²) < 4.78 is 21.2. The zero-order valence-electron chi connectivity index (χ0n) is 15.8. The summed E-state index contributed by atoms with van der Waals surface area (Å²) in [6.07, 6.45) is 0. The SMILES string of the molecule is CC(=O)Nc1cc(N2CCS(O)(O)c3ccccc3C2)nc2ccc(C)cc12. The predicted octanol–water partition coefficient (Wildman–Crippen LogP) is 4.63. The number of rotatable bonds is 2. The number of nitrogens with one attached hydrogen (secondary N) is 1. The first-order chi connectivity index (χ1) is 13.3. The maximum absolute atomic E-state index is 11.7. The van der Waals surface area contributed by atoms with Crippen molar-refractivity contribution >= 4 is 38.9 Å². The fraction of sp³-hybridized carbons (Fsp3) is 0.238. The van der Waals surface area contributed by atoms with Crippen LogP contribution in [0.1, 0.15) is 18.1 Å². The van der Waals surface area contributed by atoms with E-state index in [4.69, 9.17) is 4.98 Å². The van der Waals surface area contributed by atoms with Crippen LogP contribution >= 0.6 is 10.6 Å². The van der Waals surface area contributed by atoms with Gasteiger partial charge in [-0.1, -0.05) is 29.8 Å². The van der Waals surface area contributed by atoms with Crippen molar-refractivity contribution < 1.29 is 13.9 Å². The largest absolute Gasteiger partial charge is 0.351 e. The standard InChI is InChI=1S/C21H23N3O3S/c1-14-7-8-18-17(11-14)19(22-15(2)25)12-21(23-18)24-9-10-28(26,27)20-6-4-3-5-16(20)13-24/h3-8,11-12,26-27H,9-10,13H2,1-2H3,(H,22,23,25). The summed E-state index contributed by atoms with van der Waals surface area (Å²) in [5.41, 5.74) is 3.47. The lowest BCUT2D eigenvalue weighted by atomic mass is 10.1. The van der Waals surface area contributed by atoms with Gasteiger partial charge in [0.1, 0.15) is 5.82 Å². The van der Waals surface area contributed by atoms with Gasteiger partial charge in [-0.3, -0.25) is 13.9 Å². The van der Waals surface area contributed by atoms with Crippen molar-refractivity contribution in [2.75, 3.05) is 22.5 Å². The van der Waals surface area contributed by atoms with E-state index in [1.807, 2.05) is 54.3 Å². The van der Waals surface area contributed by atoms with Gasteiger partial charge in [0.25, 0.3) is 0 Å². The van der Waals surface area contributed by atoms with Gasteiger partial charge in [-0.15, -0.1) is 0 Å². The lowest BCUT2D eigenvalue weighted by Crippen LogP contribution is -2.26. The second-order valence-corrected chi connectivity index (χ2v) is 9.31. The molecule has 1 aliphatic rings. The Morgan fingerprint density at radius 1 is 1.18 bits per heavy atom. The zero-order chi connectivity index (χ0) is 19.9. The number of carbonyl (C=O) groups is 1. The summed E-state index contributed by atoms with van der Waals surface area (Å²) in [5, 5.41) is 3.79. The highest BCUT2D eigenvalue weighted by molar-refractivity contribution is 8.24.